The maximum absolute atomic E-state index is 12.6. The number of para-hydroxylation sites is 1. The van der Waals surface area contributed by atoms with Crippen LogP contribution in [0.5, 0.6) is 0 Å². The second kappa shape index (κ2) is 8.06. The van der Waals surface area contributed by atoms with Crippen molar-refractivity contribution in [3.63, 3.8) is 0 Å². The van der Waals surface area contributed by atoms with Gasteiger partial charge in [-0.25, -0.2) is 9.59 Å². The Kier molecular flexibility index (Phi) is 5.16. The minimum absolute atomic E-state index is 0.0143. The highest BCUT2D eigenvalue weighted by molar-refractivity contribution is 5.94. The van der Waals surface area contributed by atoms with Gasteiger partial charge in [0.25, 0.3) is 0 Å². The number of ether oxygens (including phenoxy) is 1. The van der Waals surface area contributed by atoms with Crippen molar-refractivity contribution >= 4 is 28.6 Å². The number of carbonyl (C=O) groups excluding carboxylic acids is 2. The molecule has 146 valence electrons. The van der Waals surface area contributed by atoms with Crippen LogP contribution in [0.1, 0.15) is 22.0 Å². The van der Waals surface area contributed by atoms with Gasteiger partial charge in [-0.1, -0.05) is 48.6 Å². The third-order valence-corrected chi connectivity index (χ3v) is 4.88. The molecule has 0 aliphatic heterocycles. The van der Waals surface area contributed by atoms with Crippen LogP contribution in [0.4, 0.5) is 10.5 Å². The first kappa shape index (κ1) is 18.6. The lowest BCUT2D eigenvalue weighted by atomic mass is 9.92. The van der Waals surface area contributed by atoms with Crippen LogP contribution in [0.3, 0.4) is 0 Å². The van der Waals surface area contributed by atoms with Gasteiger partial charge in [0.2, 0.25) is 0 Å². The molecule has 0 radical (unpaired) electrons. The zero-order chi connectivity index (χ0) is 20.2. The Hall–Kier alpha value is -3.80. The fourth-order valence-electron chi connectivity index (χ4n) is 3.48. The monoisotopic (exact) mass is 387 g/mol. The second-order valence-corrected chi connectivity index (χ2v) is 6.80. The summed E-state index contributed by atoms with van der Waals surface area (Å²) < 4.78 is 4.72. The van der Waals surface area contributed by atoms with E-state index in [4.69, 9.17) is 4.74 Å². The summed E-state index contributed by atoms with van der Waals surface area (Å²) in [6.07, 6.45) is 7.92. The number of esters is 1. The van der Waals surface area contributed by atoms with Crippen LogP contribution in [0.15, 0.2) is 78.9 Å². The van der Waals surface area contributed by atoms with Crippen LogP contribution in [-0.4, -0.2) is 30.1 Å². The van der Waals surface area contributed by atoms with Gasteiger partial charge in [-0.05, 0) is 35.7 Å². The zero-order valence-electron chi connectivity index (χ0n) is 15.9. The highest BCUT2D eigenvalue weighted by Gasteiger charge is 2.24. The van der Waals surface area contributed by atoms with Crippen molar-refractivity contribution in [3.8, 4) is 0 Å². The van der Waals surface area contributed by atoms with Gasteiger partial charge in [-0.3, -0.25) is 0 Å². The second-order valence-electron chi connectivity index (χ2n) is 6.80. The number of hydrogen-bond acceptors (Lipinski definition) is 3. The molecule has 0 spiro atoms. The van der Waals surface area contributed by atoms with Crippen molar-refractivity contribution in [1.29, 1.82) is 0 Å². The van der Waals surface area contributed by atoms with Crippen LogP contribution in [0.25, 0.3) is 10.9 Å². The molecule has 0 bridgehead atoms. The lowest BCUT2D eigenvalue weighted by Gasteiger charge is -2.24. The Labute approximate surface area is 168 Å². The molecule has 0 saturated heterocycles. The number of allylic oxidation sites excluding steroid dienone is 2. The van der Waals surface area contributed by atoms with E-state index in [0.29, 0.717) is 11.3 Å². The van der Waals surface area contributed by atoms with Gasteiger partial charge >= 0.3 is 12.0 Å². The third kappa shape index (κ3) is 4.06. The molecule has 6 nitrogen and oxygen atoms in total. The molecule has 1 aliphatic rings. The number of hydrogen-bond donors (Lipinski definition) is 3. The summed E-state index contributed by atoms with van der Waals surface area (Å²) in [7, 11) is 1.32. The first-order valence-corrected chi connectivity index (χ1v) is 9.32. The molecule has 1 heterocycles. The number of fused-ring (bicyclic) bond motifs is 1. The largest absolute Gasteiger partial charge is 0.465 e. The molecule has 0 fully saturated rings. The Morgan fingerprint density at radius 2 is 1.83 bits per heavy atom. The average molecular weight is 387 g/mol. The van der Waals surface area contributed by atoms with Crippen LogP contribution in [-0.2, 0) is 4.74 Å². The van der Waals surface area contributed by atoms with E-state index in [1.54, 1.807) is 24.3 Å². The fraction of sp³-hybridized carbons (Fsp3) is 0.130. The zero-order valence-corrected chi connectivity index (χ0v) is 15.9. The van der Waals surface area contributed by atoms with E-state index in [-0.39, 0.29) is 18.0 Å². The first-order chi connectivity index (χ1) is 14.1. The van der Waals surface area contributed by atoms with Crippen molar-refractivity contribution in [2.45, 2.75) is 12.0 Å². The summed E-state index contributed by atoms with van der Waals surface area (Å²) in [5.74, 6) is -0.465. The average Bonchev–Trinajstić information content (AvgIpc) is 3.17. The number of aromatic nitrogens is 1. The molecule has 2 unspecified atom stereocenters. The van der Waals surface area contributed by atoms with Gasteiger partial charge in [0.1, 0.15) is 0 Å². The lowest BCUT2D eigenvalue weighted by molar-refractivity contribution is 0.0600. The quantitative estimate of drug-likeness (QED) is 0.582. The van der Waals surface area contributed by atoms with Gasteiger partial charge in [-0.2, -0.15) is 0 Å². The Morgan fingerprint density at radius 1 is 1.00 bits per heavy atom. The van der Waals surface area contributed by atoms with Gasteiger partial charge < -0.3 is 20.4 Å². The molecule has 2 amide bonds. The van der Waals surface area contributed by atoms with Gasteiger partial charge in [0.15, 0.2) is 0 Å². The lowest BCUT2D eigenvalue weighted by Crippen LogP contribution is -2.40. The number of amides is 2. The number of anilines is 1. The summed E-state index contributed by atoms with van der Waals surface area (Å²) in [5.41, 5.74) is 2.99. The van der Waals surface area contributed by atoms with E-state index in [9.17, 15) is 9.59 Å². The topological polar surface area (TPSA) is 83.2 Å². The number of rotatable bonds is 4. The Bertz CT molecular complexity index is 1080. The highest BCUT2D eigenvalue weighted by Crippen LogP contribution is 2.28. The predicted octanol–water partition coefficient (Wildman–Crippen LogP) is 4.35. The molecule has 6 heteroatoms. The van der Waals surface area contributed by atoms with Crippen molar-refractivity contribution in [2.75, 3.05) is 12.4 Å². The number of nitrogens with one attached hydrogen (secondary N) is 3. The standard InChI is InChI=1S/C23H21N3O3/c1-29-22(27)16-8-6-9-17(13-16)24-23(28)26-20-12-5-3-10-18(20)21-14-15-7-2-4-11-19(15)25-21/h2-14,18,20,25H,1H3,(H2,24,26,28). The fourth-order valence-corrected chi connectivity index (χ4v) is 3.48. The molecule has 2 atom stereocenters. The molecular formula is C23H21N3O3. The van der Waals surface area contributed by atoms with Gasteiger partial charge in [0, 0.05) is 22.8 Å². The van der Waals surface area contributed by atoms with Crippen LogP contribution < -0.4 is 10.6 Å². The van der Waals surface area contributed by atoms with Gasteiger partial charge in [-0.15, -0.1) is 0 Å². The smallest absolute Gasteiger partial charge is 0.337 e. The van der Waals surface area contributed by atoms with E-state index in [2.05, 4.69) is 33.8 Å². The maximum atomic E-state index is 12.6. The number of benzene rings is 2. The van der Waals surface area contributed by atoms with Crippen LogP contribution in [0, 0.1) is 0 Å². The predicted molar refractivity (Wildman–Crippen MR) is 113 cm³/mol. The summed E-state index contributed by atoms with van der Waals surface area (Å²) in [6, 6.07) is 16.3. The minimum atomic E-state index is -0.451. The first-order valence-electron chi connectivity index (χ1n) is 9.32. The Balaban J connectivity index is 1.48. The summed E-state index contributed by atoms with van der Waals surface area (Å²) in [5, 5.41) is 6.91. The highest BCUT2D eigenvalue weighted by atomic mass is 16.5. The van der Waals surface area contributed by atoms with Crippen molar-refractivity contribution < 1.29 is 14.3 Å². The van der Waals surface area contributed by atoms with Crippen LogP contribution in [0.2, 0.25) is 0 Å². The minimum Gasteiger partial charge on any atom is -0.465 e. The molecular weight excluding hydrogens is 366 g/mol. The number of aromatic amines is 1. The number of carbonyl (C=O) groups is 2. The number of methoxy groups -OCH3 is 1. The van der Waals surface area contributed by atoms with Gasteiger partial charge in [0.05, 0.1) is 18.7 Å². The summed E-state index contributed by atoms with van der Waals surface area (Å²) in [6.45, 7) is 0. The molecule has 1 aromatic heterocycles. The molecule has 2 aromatic carbocycles. The van der Waals surface area contributed by atoms with Crippen molar-refractivity contribution in [3.05, 3.63) is 90.2 Å². The van der Waals surface area contributed by atoms with E-state index in [1.807, 2.05) is 36.4 Å². The molecule has 0 saturated carbocycles. The van der Waals surface area contributed by atoms with E-state index >= 15 is 0 Å². The maximum Gasteiger partial charge on any atom is 0.337 e. The SMILES string of the molecule is COC(=O)c1cccc(NC(=O)NC2C=CC=CC2c2cc3ccccc3[nH]2)c1. The molecule has 4 rings (SSSR count). The van der Waals surface area contributed by atoms with Crippen molar-refractivity contribution in [1.82, 2.24) is 10.3 Å². The Morgan fingerprint density at radius 3 is 2.66 bits per heavy atom. The van der Waals surface area contributed by atoms with E-state index in [1.165, 1.54) is 7.11 Å². The van der Waals surface area contributed by atoms with Crippen LogP contribution >= 0.6 is 0 Å². The number of urea groups is 1. The van der Waals surface area contributed by atoms with E-state index < -0.39 is 5.97 Å². The summed E-state index contributed by atoms with van der Waals surface area (Å²) in [4.78, 5) is 27.7. The van der Waals surface area contributed by atoms with Crippen molar-refractivity contribution in [2.24, 2.45) is 0 Å². The summed E-state index contributed by atoms with van der Waals surface area (Å²) >= 11 is 0. The third-order valence-electron chi connectivity index (χ3n) is 4.88. The molecule has 3 aromatic rings. The molecule has 3 N–H and O–H groups in total. The molecule has 1 aliphatic carbocycles. The molecule has 29 heavy (non-hydrogen) atoms. The number of H-pyrrole nitrogens is 1. The van der Waals surface area contributed by atoms with E-state index in [0.717, 1.165) is 16.6 Å². The normalized spacial score (nSPS) is 17.8.